The fraction of sp³-hybridized carbons (Fsp3) is 0.500. The molecule has 0 aromatic carbocycles. The van der Waals surface area contributed by atoms with Crippen molar-refractivity contribution in [2.45, 2.75) is 20.8 Å². The second-order valence-corrected chi connectivity index (χ2v) is 8.23. The summed E-state index contributed by atoms with van der Waals surface area (Å²) in [6, 6.07) is 0. The zero-order valence-corrected chi connectivity index (χ0v) is 14.3. The van der Waals surface area contributed by atoms with E-state index in [0.29, 0.717) is 0 Å². The molecule has 0 saturated carbocycles. The predicted molar refractivity (Wildman–Crippen MR) is 76.4 cm³/mol. The molecule has 0 radical (unpaired) electrons. The molecule has 0 unspecified atom stereocenters. The van der Waals surface area contributed by atoms with E-state index >= 15 is 0 Å². The van der Waals surface area contributed by atoms with Crippen LogP contribution in [0.15, 0.2) is 22.7 Å². The van der Waals surface area contributed by atoms with Crippen molar-refractivity contribution in [2.24, 2.45) is 5.92 Å². The summed E-state index contributed by atoms with van der Waals surface area (Å²) >= 11 is 0. The quantitative estimate of drug-likeness (QED) is 0.511. The Bertz CT molecular complexity index is 794. The van der Waals surface area contributed by atoms with Gasteiger partial charge in [-0.25, -0.2) is 0 Å². The van der Waals surface area contributed by atoms with Gasteiger partial charge in [0.25, 0.3) is 0 Å². The molecule has 124 valence electrons. The van der Waals surface area contributed by atoms with Crippen molar-refractivity contribution < 1.29 is 34.8 Å². The van der Waals surface area contributed by atoms with Gasteiger partial charge in [-0.2, -0.15) is 16.8 Å². The molecular formula is C12H16O8S2. The van der Waals surface area contributed by atoms with E-state index in [-0.39, 0.29) is 11.1 Å². The van der Waals surface area contributed by atoms with Gasteiger partial charge in [-0.15, -0.1) is 0 Å². The van der Waals surface area contributed by atoms with Gasteiger partial charge in [0.2, 0.25) is 11.6 Å². The minimum atomic E-state index is -4.04. The van der Waals surface area contributed by atoms with Gasteiger partial charge in [0.1, 0.15) is 0 Å². The second kappa shape index (κ2) is 5.84. The molecule has 0 heterocycles. The van der Waals surface area contributed by atoms with Crippen molar-refractivity contribution in [3.8, 4) is 0 Å². The molecule has 0 aliphatic heterocycles. The maximum atomic E-state index is 12.4. The van der Waals surface area contributed by atoms with Crippen LogP contribution in [0.3, 0.4) is 0 Å². The SMILES string of the molecule is CC1=C(OS(C)(=O)=O)C(=O)C(C(C)C)=C(OS(C)(=O)=O)C1=O. The van der Waals surface area contributed by atoms with E-state index in [0.717, 1.165) is 19.4 Å². The molecule has 0 atom stereocenters. The molecule has 0 amide bonds. The maximum absolute atomic E-state index is 12.4. The minimum Gasteiger partial charge on any atom is -0.378 e. The topological polar surface area (TPSA) is 121 Å². The number of hydrogen-bond acceptors (Lipinski definition) is 8. The van der Waals surface area contributed by atoms with Crippen LogP contribution in [-0.2, 0) is 38.2 Å². The Morgan fingerprint density at radius 2 is 1.23 bits per heavy atom. The van der Waals surface area contributed by atoms with E-state index in [2.05, 4.69) is 8.37 Å². The lowest BCUT2D eigenvalue weighted by Gasteiger charge is -2.22. The molecule has 0 bridgehead atoms. The van der Waals surface area contributed by atoms with Crippen molar-refractivity contribution in [3.05, 3.63) is 22.7 Å². The van der Waals surface area contributed by atoms with Gasteiger partial charge in [-0.05, 0) is 12.8 Å². The number of hydrogen-bond donors (Lipinski definition) is 0. The smallest absolute Gasteiger partial charge is 0.306 e. The largest absolute Gasteiger partial charge is 0.378 e. The van der Waals surface area contributed by atoms with E-state index in [1.165, 1.54) is 13.8 Å². The Hall–Kier alpha value is -1.68. The predicted octanol–water partition coefficient (Wildman–Crippen LogP) is 0.275. The highest BCUT2D eigenvalue weighted by Gasteiger charge is 2.39. The van der Waals surface area contributed by atoms with Crippen molar-refractivity contribution in [3.63, 3.8) is 0 Å². The molecular weight excluding hydrogens is 336 g/mol. The van der Waals surface area contributed by atoms with Gasteiger partial charge in [-0.3, -0.25) is 9.59 Å². The summed E-state index contributed by atoms with van der Waals surface area (Å²) in [5.74, 6) is -3.65. The molecule has 0 aromatic heterocycles. The summed E-state index contributed by atoms with van der Waals surface area (Å²) < 4.78 is 54.2. The van der Waals surface area contributed by atoms with Crippen molar-refractivity contribution in [2.75, 3.05) is 12.5 Å². The summed E-state index contributed by atoms with van der Waals surface area (Å²) in [4.78, 5) is 24.6. The van der Waals surface area contributed by atoms with Gasteiger partial charge < -0.3 is 8.37 Å². The van der Waals surface area contributed by atoms with Crippen LogP contribution in [0.1, 0.15) is 20.8 Å². The molecule has 8 nitrogen and oxygen atoms in total. The third-order valence-electron chi connectivity index (χ3n) is 2.63. The number of carbonyl (C=O) groups is 2. The molecule has 0 spiro atoms. The summed E-state index contributed by atoms with van der Waals surface area (Å²) in [6.07, 6.45) is 1.46. The average Bonchev–Trinajstić information content (AvgIpc) is 2.28. The van der Waals surface area contributed by atoms with Gasteiger partial charge in [0.15, 0.2) is 11.5 Å². The summed E-state index contributed by atoms with van der Waals surface area (Å²) in [5.41, 5.74) is -0.585. The molecule has 0 N–H and O–H groups in total. The Morgan fingerprint density at radius 3 is 1.59 bits per heavy atom. The molecule has 1 aliphatic rings. The van der Waals surface area contributed by atoms with Crippen LogP contribution in [0.5, 0.6) is 0 Å². The van der Waals surface area contributed by atoms with Gasteiger partial charge in [0.05, 0.1) is 18.1 Å². The summed E-state index contributed by atoms with van der Waals surface area (Å²) in [6.45, 7) is 4.22. The van der Waals surface area contributed by atoms with Crippen LogP contribution in [0.2, 0.25) is 0 Å². The zero-order chi connectivity index (χ0) is 17.5. The molecule has 0 aromatic rings. The highest BCUT2D eigenvalue weighted by Crippen LogP contribution is 2.31. The number of allylic oxidation sites excluding steroid dienone is 2. The fourth-order valence-electron chi connectivity index (χ4n) is 1.80. The normalized spacial score (nSPS) is 17.4. The van der Waals surface area contributed by atoms with E-state index in [1.54, 1.807) is 0 Å². The molecule has 10 heteroatoms. The average molecular weight is 352 g/mol. The summed E-state index contributed by atoms with van der Waals surface area (Å²) in [5, 5.41) is 0. The number of ketones is 2. The lowest BCUT2D eigenvalue weighted by Crippen LogP contribution is -2.29. The van der Waals surface area contributed by atoms with Gasteiger partial charge >= 0.3 is 20.2 Å². The zero-order valence-electron chi connectivity index (χ0n) is 12.7. The lowest BCUT2D eigenvalue weighted by molar-refractivity contribution is -0.119. The number of rotatable bonds is 5. The van der Waals surface area contributed by atoms with Crippen molar-refractivity contribution >= 4 is 31.8 Å². The fourth-order valence-corrected chi connectivity index (χ4v) is 2.77. The van der Waals surface area contributed by atoms with E-state index < -0.39 is 49.2 Å². The van der Waals surface area contributed by atoms with E-state index in [1.807, 2.05) is 0 Å². The number of carbonyl (C=O) groups excluding carboxylic acids is 2. The third kappa shape index (κ3) is 4.17. The first-order valence-corrected chi connectivity index (χ1v) is 9.71. The van der Waals surface area contributed by atoms with E-state index in [4.69, 9.17) is 0 Å². The highest BCUT2D eigenvalue weighted by atomic mass is 32.2. The minimum absolute atomic E-state index is 0.250. The molecule has 0 saturated heterocycles. The molecule has 22 heavy (non-hydrogen) atoms. The second-order valence-electron chi connectivity index (χ2n) is 5.08. The van der Waals surface area contributed by atoms with Crippen molar-refractivity contribution in [1.29, 1.82) is 0 Å². The van der Waals surface area contributed by atoms with Crippen molar-refractivity contribution in [1.82, 2.24) is 0 Å². The van der Waals surface area contributed by atoms with Crippen LogP contribution in [0.25, 0.3) is 0 Å². The molecule has 1 rings (SSSR count). The summed E-state index contributed by atoms with van der Waals surface area (Å²) in [7, 11) is -8.06. The Morgan fingerprint density at radius 1 is 0.818 bits per heavy atom. The first kappa shape index (κ1) is 18.4. The van der Waals surface area contributed by atoms with Crippen LogP contribution in [-0.4, -0.2) is 40.9 Å². The monoisotopic (exact) mass is 352 g/mol. The maximum Gasteiger partial charge on any atom is 0.306 e. The van der Waals surface area contributed by atoms with Gasteiger partial charge in [-0.1, -0.05) is 13.8 Å². The van der Waals surface area contributed by atoms with E-state index in [9.17, 15) is 26.4 Å². The Labute approximate surface area is 129 Å². The van der Waals surface area contributed by atoms with Gasteiger partial charge in [0, 0.05) is 5.57 Å². The first-order chi connectivity index (χ1) is 9.74. The van der Waals surface area contributed by atoms with Crippen LogP contribution in [0, 0.1) is 5.92 Å². The Kier molecular flexibility index (Phi) is 4.88. The molecule has 0 fully saturated rings. The molecule has 1 aliphatic carbocycles. The standard InChI is InChI=1S/C12H16O8S2/c1-6(2)8-10(14)11(19-21(4,15)16)7(3)9(13)12(8)20-22(5,17)18/h6H,1-5H3. The third-order valence-corrected chi connectivity index (χ3v) is 3.57. The Balaban J connectivity index is 3.53. The first-order valence-electron chi connectivity index (χ1n) is 6.08. The lowest BCUT2D eigenvalue weighted by atomic mass is 9.88. The highest BCUT2D eigenvalue weighted by molar-refractivity contribution is 7.86. The van der Waals surface area contributed by atoms with Crippen LogP contribution >= 0.6 is 0 Å². The number of Topliss-reactive ketones (excluding diaryl/α,β-unsaturated/α-hetero) is 2. The van der Waals surface area contributed by atoms with Crippen LogP contribution < -0.4 is 0 Å². The van der Waals surface area contributed by atoms with Crippen LogP contribution in [0.4, 0.5) is 0 Å².